The van der Waals surface area contributed by atoms with Gasteiger partial charge in [0.1, 0.15) is 11.5 Å². The van der Waals surface area contributed by atoms with E-state index in [1.165, 1.54) is 0 Å². The average molecular weight is 358 g/mol. The van der Waals surface area contributed by atoms with E-state index in [2.05, 4.69) is 10.6 Å². The molecule has 0 aliphatic heterocycles. The second-order valence-electron chi connectivity index (χ2n) is 6.96. The number of urea groups is 1. The molecule has 2 aliphatic carbocycles. The standard InChI is InChI=1S/C19H20ClN3O2/c20-12-2-1-3-16(8-12)25-15-6-4-13(5-7-15)22-18(24)23-14-9-19(10-14)11-17(19)21/h1-8,14,17H,9-11,21H2,(H2,22,23,24). The van der Waals surface area contributed by atoms with Crippen molar-refractivity contribution >= 4 is 23.3 Å². The number of amides is 2. The first-order valence-electron chi connectivity index (χ1n) is 8.39. The van der Waals surface area contributed by atoms with Crippen LogP contribution in [0.15, 0.2) is 48.5 Å². The minimum atomic E-state index is -0.183. The van der Waals surface area contributed by atoms with Gasteiger partial charge in [0.15, 0.2) is 0 Å². The van der Waals surface area contributed by atoms with Gasteiger partial charge in [-0.1, -0.05) is 17.7 Å². The van der Waals surface area contributed by atoms with Gasteiger partial charge in [-0.2, -0.15) is 0 Å². The van der Waals surface area contributed by atoms with Gasteiger partial charge in [-0.05, 0) is 67.1 Å². The van der Waals surface area contributed by atoms with Crippen LogP contribution in [0.3, 0.4) is 0 Å². The van der Waals surface area contributed by atoms with E-state index in [1.54, 1.807) is 36.4 Å². The number of hydrogen-bond donors (Lipinski definition) is 3. The van der Waals surface area contributed by atoms with Gasteiger partial charge >= 0.3 is 6.03 Å². The van der Waals surface area contributed by atoms with E-state index in [-0.39, 0.29) is 12.1 Å². The summed E-state index contributed by atoms with van der Waals surface area (Å²) >= 11 is 5.94. The number of carbonyl (C=O) groups excluding carboxylic acids is 1. The molecule has 0 bridgehead atoms. The largest absolute Gasteiger partial charge is 0.457 e. The van der Waals surface area contributed by atoms with E-state index in [1.807, 2.05) is 12.1 Å². The van der Waals surface area contributed by atoms with E-state index in [9.17, 15) is 4.79 Å². The number of ether oxygens (including phenoxy) is 1. The molecule has 2 saturated carbocycles. The lowest BCUT2D eigenvalue weighted by atomic mass is 9.76. The van der Waals surface area contributed by atoms with Crippen LogP contribution in [0.25, 0.3) is 0 Å². The first kappa shape index (κ1) is 16.2. The zero-order valence-corrected chi connectivity index (χ0v) is 14.4. The maximum atomic E-state index is 12.0. The highest BCUT2D eigenvalue weighted by atomic mass is 35.5. The van der Waals surface area contributed by atoms with Gasteiger partial charge in [0.25, 0.3) is 0 Å². The summed E-state index contributed by atoms with van der Waals surface area (Å²) in [6, 6.07) is 14.8. The Kier molecular flexibility index (Phi) is 4.06. The SMILES string of the molecule is NC1CC12CC(NC(=O)Nc1ccc(Oc3cccc(Cl)c3)cc1)C2. The van der Waals surface area contributed by atoms with Crippen molar-refractivity contribution < 1.29 is 9.53 Å². The fraction of sp³-hybridized carbons (Fsp3) is 0.316. The number of carbonyl (C=O) groups is 1. The van der Waals surface area contributed by atoms with Crippen LogP contribution < -0.4 is 21.1 Å². The molecule has 2 amide bonds. The minimum Gasteiger partial charge on any atom is -0.457 e. The van der Waals surface area contributed by atoms with Crippen molar-refractivity contribution in [1.29, 1.82) is 0 Å². The molecular formula is C19H20ClN3O2. The summed E-state index contributed by atoms with van der Waals surface area (Å²) in [5.41, 5.74) is 6.96. The molecule has 2 fully saturated rings. The van der Waals surface area contributed by atoms with Crippen molar-refractivity contribution in [3.05, 3.63) is 53.6 Å². The van der Waals surface area contributed by atoms with Crippen LogP contribution >= 0.6 is 11.6 Å². The number of nitrogens with two attached hydrogens (primary N) is 1. The Balaban J connectivity index is 1.28. The molecule has 0 saturated heterocycles. The highest BCUT2D eigenvalue weighted by Gasteiger charge is 2.60. The lowest BCUT2D eigenvalue weighted by Gasteiger charge is -2.36. The normalized spacial score (nSPS) is 26.6. The van der Waals surface area contributed by atoms with Crippen molar-refractivity contribution in [3.63, 3.8) is 0 Å². The summed E-state index contributed by atoms with van der Waals surface area (Å²) < 4.78 is 5.73. The molecule has 1 spiro atoms. The summed E-state index contributed by atoms with van der Waals surface area (Å²) in [5, 5.41) is 6.45. The molecule has 2 aromatic rings. The average Bonchev–Trinajstić information content (AvgIpc) is 3.20. The Morgan fingerprint density at radius 2 is 1.84 bits per heavy atom. The van der Waals surface area contributed by atoms with E-state index in [0.717, 1.165) is 19.3 Å². The van der Waals surface area contributed by atoms with Crippen molar-refractivity contribution in [1.82, 2.24) is 5.32 Å². The van der Waals surface area contributed by atoms with Crippen molar-refractivity contribution in [2.24, 2.45) is 11.1 Å². The molecule has 4 N–H and O–H groups in total. The third-order valence-corrected chi connectivity index (χ3v) is 5.27. The van der Waals surface area contributed by atoms with Crippen molar-refractivity contribution in [2.45, 2.75) is 31.3 Å². The van der Waals surface area contributed by atoms with Gasteiger partial charge < -0.3 is 21.1 Å². The number of halogens is 1. The lowest BCUT2D eigenvalue weighted by Crippen LogP contribution is -2.48. The van der Waals surface area contributed by atoms with Crippen LogP contribution in [-0.4, -0.2) is 18.1 Å². The van der Waals surface area contributed by atoms with E-state index in [4.69, 9.17) is 22.1 Å². The lowest BCUT2D eigenvalue weighted by molar-refractivity contribution is 0.190. The maximum Gasteiger partial charge on any atom is 0.319 e. The van der Waals surface area contributed by atoms with E-state index in [0.29, 0.717) is 33.7 Å². The second-order valence-corrected chi connectivity index (χ2v) is 7.40. The van der Waals surface area contributed by atoms with Gasteiger partial charge in [-0.25, -0.2) is 4.79 Å². The Labute approximate surface area is 151 Å². The fourth-order valence-corrected chi connectivity index (χ4v) is 3.68. The third kappa shape index (κ3) is 3.57. The van der Waals surface area contributed by atoms with Gasteiger partial charge in [-0.15, -0.1) is 0 Å². The zero-order valence-electron chi connectivity index (χ0n) is 13.7. The number of nitrogens with one attached hydrogen (secondary N) is 2. The maximum absolute atomic E-state index is 12.0. The van der Waals surface area contributed by atoms with Gasteiger partial charge in [0, 0.05) is 22.8 Å². The summed E-state index contributed by atoms with van der Waals surface area (Å²) in [5.74, 6) is 1.35. The Hall–Kier alpha value is -2.24. The molecule has 130 valence electrons. The first-order valence-corrected chi connectivity index (χ1v) is 8.77. The number of benzene rings is 2. The number of hydrogen-bond acceptors (Lipinski definition) is 3. The highest BCUT2D eigenvalue weighted by molar-refractivity contribution is 6.30. The molecule has 2 aromatic carbocycles. The molecule has 0 radical (unpaired) electrons. The van der Waals surface area contributed by atoms with Crippen molar-refractivity contribution in [3.8, 4) is 11.5 Å². The van der Waals surface area contributed by atoms with Crippen LogP contribution in [-0.2, 0) is 0 Å². The second kappa shape index (κ2) is 6.24. The molecule has 0 aromatic heterocycles. The van der Waals surface area contributed by atoms with Gasteiger partial charge in [0.05, 0.1) is 0 Å². The van der Waals surface area contributed by atoms with Crippen molar-refractivity contribution in [2.75, 3.05) is 5.32 Å². The summed E-state index contributed by atoms with van der Waals surface area (Å²) in [4.78, 5) is 12.0. The topological polar surface area (TPSA) is 76.4 Å². The highest BCUT2D eigenvalue weighted by Crippen LogP contribution is 2.59. The number of rotatable bonds is 4. The molecular weight excluding hydrogens is 338 g/mol. The van der Waals surface area contributed by atoms with Gasteiger partial charge in [-0.3, -0.25) is 0 Å². The molecule has 5 nitrogen and oxygen atoms in total. The van der Waals surface area contributed by atoms with Crippen LogP contribution in [0, 0.1) is 5.41 Å². The molecule has 4 rings (SSSR count). The molecule has 0 heterocycles. The van der Waals surface area contributed by atoms with Crippen LogP contribution in [0.1, 0.15) is 19.3 Å². The smallest absolute Gasteiger partial charge is 0.319 e. The Bertz CT molecular complexity index is 788. The summed E-state index contributed by atoms with van der Waals surface area (Å²) in [7, 11) is 0. The van der Waals surface area contributed by atoms with Crippen LogP contribution in [0.4, 0.5) is 10.5 Å². The Morgan fingerprint density at radius 3 is 2.48 bits per heavy atom. The van der Waals surface area contributed by atoms with E-state index >= 15 is 0 Å². The summed E-state index contributed by atoms with van der Waals surface area (Å²) in [6.07, 6.45) is 3.09. The molecule has 2 aliphatic rings. The minimum absolute atomic E-state index is 0.183. The predicted molar refractivity (Wildman–Crippen MR) is 98.2 cm³/mol. The molecule has 1 atom stereocenters. The quantitative estimate of drug-likeness (QED) is 0.769. The Morgan fingerprint density at radius 1 is 1.12 bits per heavy atom. The molecule has 25 heavy (non-hydrogen) atoms. The molecule has 6 heteroatoms. The predicted octanol–water partition coefficient (Wildman–Crippen LogP) is 4.13. The fourth-order valence-electron chi connectivity index (χ4n) is 3.50. The van der Waals surface area contributed by atoms with Crippen LogP contribution in [0.2, 0.25) is 5.02 Å². The summed E-state index contributed by atoms with van der Waals surface area (Å²) in [6.45, 7) is 0. The monoisotopic (exact) mass is 357 g/mol. The zero-order chi connectivity index (χ0) is 17.4. The molecule has 1 unspecified atom stereocenters. The number of anilines is 1. The third-order valence-electron chi connectivity index (χ3n) is 5.04. The first-order chi connectivity index (χ1) is 12.0. The van der Waals surface area contributed by atoms with Gasteiger partial charge in [0.2, 0.25) is 0 Å². The van der Waals surface area contributed by atoms with E-state index < -0.39 is 0 Å². The van der Waals surface area contributed by atoms with Crippen LogP contribution in [0.5, 0.6) is 11.5 Å².